The van der Waals surface area contributed by atoms with Gasteiger partial charge < -0.3 is 24.1 Å². The SMILES string of the molecule is CC1(C)OC[C@H]2OC(C)(C)O[C@@H](CO)[C@@H]2O1. The smallest absolute Gasteiger partial charge is 0.163 e. The minimum absolute atomic E-state index is 0.0793. The third kappa shape index (κ3) is 2.38. The van der Waals surface area contributed by atoms with Gasteiger partial charge in [0.15, 0.2) is 11.6 Å². The van der Waals surface area contributed by atoms with Gasteiger partial charge in [-0.25, -0.2) is 0 Å². The summed E-state index contributed by atoms with van der Waals surface area (Å²) < 4.78 is 22.6. The molecular weight excluding hydrogens is 212 g/mol. The molecule has 0 aromatic rings. The fourth-order valence-electron chi connectivity index (χ4n) is 2.20. The van der Waals surface area contributed by atoms with Crippen molar-refractivity contribution in [2.45, 2.75) is 57.6 Å². The highest BCUT2D eigenvalue weighted by Gasteiger charge is 2.49. The van der Waals surface area contributed by atoms with Crippen LogP contribution in [0.1, 0.15) is 27.7 Å². The first-order valence-electron chi connectivity index (χ1n) is 5.61. The van der Waals surface area contributed by atoms with Crippen molar-refractivity contribution >= 4 is 0 Å². The summed E-state index contributed by atoms with van der Waals surface area (Å²) in [5, 5.41) is 9.33. The lowest BCUT2D eigenvalue weighted by molar-refractivity contribution is -0.408. The van der Waals surface area contributed by atoms with E-state index in [9.17, 15) is 5.11 Å². The minimum atomic E-state index is -0.706. The summed E-state index contributed by atoms with van der Waals surface area (Å²) in [4.78, 5) is 0. The van der Waals surface area contributed by atoms with E-state index < -0.39 is 11.6 Å². The summed E-state index contributed by atoms with van der Waals surface area (Å²) in [7, 11) is 0. The molecule has 5 nitrogen and oxygen atoms in total. The Balaban J connectivity index is 2.14. The number of fused-ring (bicyclic) bond motifs is 1. The lowest BCUT2D eigenvalue weighted by Crippen LogP contribution is -2.63. The number of hydrogen-bond acceptors (Lipinski definition) is 5. The molecular formula is C11H20O5. The molecule has 2 fully saturated rings. The molecule has 1 N–H and O–H groups in total. The summed E-state index contributed by atoms with van der Waals surface area (Å²) in [5.74, 6) is -1.36. The Morgan fingerprint density at radius 3 is 2.38 bits per heavy atom. The van der Waals surface area contributed by atoms with E-state index in [1.165, 1.54) is 0 Å². The number of hydrogen-bond donors (Lipinski definition) is 1. The van der Waals surface area contributed by atoms with E-state index in [1.54, 1.807) is 0 Å². The first-order chi connectivity index (χ1) is 7.33. The fourth-order valence-corrected chi connectivity index (χ4v) is 2.20. The topological polar surface area (TPSA) is 57.2 Å². The van der Waals surface area contributed by atoms with Gasteiger partial charge in [0.1, 0.15) is 18.3 Å². The first kappa shape index (κ1) is 12.3. The second-order valence-electron chi connectivity index (χ2n) is 5.19. The highest BCUT2D eigenvalue weighted by molar-refractivity contribution is 4.89. The maximum atomic E-state index is 9.33. The van der Waals surface area contributed by atoms with Gasteiger partial charge >= 0.3 is 0 Å². The van der Waals surface area contributed by atoms with Crippen LogP contribution in [0.3, 0.4) is 0 Å². The zero-order valence-corrected chi connectivity index (χ0v) is 10.2. The number of ether oxygens (including phenoxy) is 4. The van der Waals surface area contributed by atoms with Crippen LogP contribution in [0, 0.1) is 0 Å². The molecule has 2 aliphatic heterocycles. The van der Waals surface area contributed by atoms with Crippen LogP contribution in [0.15, 0.2) is 0 Å². The van der Waals surface area contributed by atoms with Crippen LogP contribution in [0.25, 0.3) is 0 Å². The van der Waals surface area contributed by atoms with Crippen LogP contribution in [0.2, 0.25) is 0 Å². The average Bonchev–Trinajstić information content (AvgIpc) is 2.16. The Kier molecular flexibility index (Phi) is 3.01. The van der Waals surface area contributed by atoms with E-state index in [0.717, 1.165) is 0 Å². The molecule has 2 aliphatic rings. The molecule has 0 saturated carbocycles. The van der Waals surface area contributed by atoms with E-state index >= 15 is 0 Å². The number of aliphatic hydroxyl groups is 1. The standard InChI is InChI=1S/C11H20O5/c1-10(2)13-6-8-9(16-10)7(5-12)14-11(3,4)15-8/h7-9,12H,5-6H2,1-4H3/t7-,8+,9-/m0/s1. The van der Waals surface area contributed by atoms with Gasteiger partial charge in [-0.15, -0.1) is 0 Å². The molecule has 0 bridgehead atoms. The molecule has 0 amide bonds. The van der Waals surface area contributed by atoms with E-state index in [1.807, 2.05) is 27.7 Å². The first-order valence-corrected chi connectivity index (χ1v) is 5.61. The van der Waals surface area contributed by atoms with Crippen LogP contribution in [0.4, 0.5) is 0 Å². The molecule has 16 heavy (non-hydrogen) atoms. The van der Waals surface area contributed by atoms with Gasteiger partial charge in [0.05, 0.1) is 13.2 Å². The van der Waals surface area contributed by atoms with E-state index in [0.29, 0.717) is 6.61 Å². The summed E-state index contributed by atoms with van der Waals surface area (Å²) in [5.41, 5.74) is 0. The predicted molar refractivity (Wildman–Crippen MR) is 55.8 cm³/mol. The normalized spacial score (nSPS) is 41.4. The maximum Gasteiger partial charge on any atom is 0.163 e. The maximum absolute atomic E-state index is 9.33. The zero-order valence-electron chi connectivity index (χ0n) is 10.2. The largest absolute Gasteiger partial charge is 0.394 e. The molecule has 0 spiro atoms. The molecule has 0 unspecified atom stereocenters. The number of rotatable bonds is 1. The minimum Gasteiger partial charge on any atom is -0.394 e. The quantitative estimate of drug-likeness (QED) is 0.719. The Bertz CT molecular complexity index is 253. The van der Waals surface area contributed by atoms with Crippen LogP contribution in [-0.2, 0) is 18.9 Å². The fraction of sp³-hybridized carbons (Fsp3) is 1.00. The van der Waals surface area contributed by atoms with Gasteiger partial charge in [0, 0.05) is 0 Å². The van der Waals surface area contributed by atoms with Gasteiger partial charge in [0.25, 0.3) is 0 Å². The second-order valence-corrected chi connectivity index (χ2v) is 5.19. The summed E-state index contributed by atoms with van der Waals surface area (Å²) in [6.07, 6.45) is -0.826. The molecule has 3 atom stereocenters. The summed E-state index contributed by atoms with van der Waals surface area (Å²) in [6, 6.07) is 0. The number of aliphatic hydroxyl groups excluding tert-OH is 1. The Hall–Kier alpha value is -0.200. The van der Waals surface area contributed by atoms with Gasteiger partial charge in [-0.05, 0) is 27.7 Å². The van der Waals surface area contributed by atoms with Crippen LogP contribution < -0.4 is 0 Å². The van der Waals surface area contributed by atoms with Crippen LogP contribution in [0.5, 0.6) is 0 Å². The average molecular weight is 232 g/mol. The predicted octanol–water partition coefficient (Wildman–Crippen LogP) is 0.650. The third-order valence-electron chi connectivity index (χ3n) is 2.80. The van der Waals surface area contributed by atoms with Crippen LogP contribution >= 0.6 is 0 Å². The molecule has 0 aromatic carbocycles. The molecule has 94 valence electrons. The van der Waals surface area contributed by atoms with Crippen LogP contribution in [-0.4, -0.2) is 48.2 Å². The van der Waals surface area contributed by atoms with Crippen molar-refractivity contribution < 1.29 is 24.1 Å². The second kappa shape index (κ2) is 3.92. The lowest BCUT2D eigenvalue weighted by atomic mass is 10.0. The molecule has 5 heteroatoms. The van der Waals surface area contributed by atoms with E-state index in [-0.39, 0.29) is 24.9 Å². The monoisotopic (exact) mass is 232 g/mol. The molecule has 2 heterocycles. The summed E-state index contributed by atoms with van der Waals surface area (Å²) in [6.45, 7) is 7.72. The van der Waals surface area contributed by atoms with Gasteiger partial charge in [0.2, 0.25) is 0 Å². The third-order valence-corrected chi connectivity index (χ3v) is 2.80. The van der Waals surface area contributed by atoms with Gasteiger partial charge in [-0.2, -0.15) is 0 Å². The Labute approximate surface area is 95.6 Å². The van der Waals surface area contributed by atoms with Crippen molar-refractivity contribution in [1.82, 2.24) is 0 Å². The lowest BCUT2D eigenvalue weighted by Gasteiger charge is -2.50. The Morgan fingerprint density at radius 1 is 1.06 bits per heavy atom. The van der Waals surface area contributed by atoms with Crippen molar-refractivity contribution in [3.8, 4) is 0 Å². The van der Waals surface area contributed by atoms with E-state index in [2.05, 4.69) is 0 Å². The van der Waals surface area contributed by atoms with Crippen molar-refractivity contribution in [3.63, 3.8) is 0 Å². The van der Waals surface area contributed by atoms with Crippen molar-refractivity contribution in [2.75, 3.05) is 13.2 Å². The zero-order chi connectivity index (χ0) is 12.0. The summed E-state index contributed by atoms with van der Waals surface area (Å²) >= 11 is 0. The molecule has 0 aliphatic carbocycles. The van der Waals surface area contributed by atoms with Crippen molar-refractivity contribution in [1.29, 1.82) is 0 Å². The molecule has 0 radical (unpaired) electrons. The van der Waals surface area contributed by atoms with Gasteiger partial charge in [-0.1, -0.05) is 0 Å². The molecule has 2 saturated heterocycles. The molecule has 2 rings (SSSR count). The highest BCUT2D eigenvalue weighted by Crippen LogP contribution is 2.35. The van der Waals surface area contributed by atoms with Crippen molar-refractivity contribution in [2.24, 2.45) is 0 Å². The Morgan fingerprint density at radius 2 is 1.75 bits per heavy atom. The van der Waals surface area contributed by atoms with E-state index in [4.69, 9.17) is 18.9 Å². The van der Waals surface area contributed by atoms with Gasteiger partial charge in [-0.3, -0.25) is 0 Å². The molecule has 0 aromatic heterocycles. The van der Waals surface area contributed by atoms with Crippen molar-refractivity contribution in [3.05, 3.63) is 0 Å². The highest BCUT2D eigenvalue weighted by atomic mass is 16.8.